The molecule has 1 aromatic carbocycles. The molecule has 0 bridgehead atoms. The second-order valence-corrected chi connectivity index (χ2v) is 4.77. The van der Waals surface area contributed by atoms with Gasteiger partial charge in [0.1, 0.15) is 10.6 Å². The number of nitrogens with two attached hydrogens (primary N) is 1. The van der Waals surface area contributed by atoms with Gasteiger partial charge in [-0.1, -0.05) is 30.3 Å². The van der Waals surface area contributed by atoms with E-state index in [4.69, 9.17) is 17.3 Å². The SMILES string of the molecule is Nc1nc(Cl)nc2scc(-c3ccccc3)c12. The van der Waals surface area contributed by atoms with Gasteiger partial charge in [-0.3, -0.25) is 0 Å². The third kappa shape index (κ3) is 1.75. The van der Waals surface area contributed by atoms with Gasteiger partial charge in [-0.05, 0) is 17.2 Å². The molecule has 2 aromatic heterocycles. The fraction of sp³-hybridized carbons (Fsp3) is 0. The Morgan fingerprint density at radius 2 is 1.88 bits per heavy atom. The molecule has 0 unspecified atom stereocenters. The molecule has 0 amide bonds. The van der Waals surface area contributed by atoms with E-state index in [1.165, 1.54) is 11.3 Å². The predicted octanol–water partition coefficient (Wildman–Crippen LogP) is 3.59. The van der Waals surface area contributed by atoms with Crippen LogP contribution in [-0.2, 0) is 0 Å². The standard InChI is InChI=1S/C12H8ClN3S/c13-12-15-10(14)9-8(6-17-11(9)16-12)7-4-2-1-3-5-7/h1-6H,(H2,14,15,16). The molecule has 0 saturated heterocycles. The Balaban J connectivity index is 2.32. The molecule has 0 aliphatic carbocycles. The minimum atomic E-state index is 0.191. The van der Waals surface area contributed by atoms with Crippen molar-refractivity contribution in [2.24, 2.45) is 0 Å². The van der Waals surface area contributed by atoms with E-state index >= 15 is 0 Å². The first kappa shape index (κ1) is 10.5. The van der Waals surface area contributed by atoms with Gasteiger partial charge in [0.2, 0.25) is 5.28 Å². The Morgan fingerprint density at radius 3 is 2.65 bits per heavy atom. The number of rotatable bonds is 1. The summed E-state index contributed by atoms with van der Waals surface area (Å²) in [5.41, 5.74) is 8.07. The van der Waals surface area contributed by atoms with E-state index in [2.05, 4.69) is 9.97 Å². The summed E-state index contributed by atoms with van der Waals surface area (Å²) in [4.78, 5) is 9.00. The molecule has 2 N–H and O–H groups in total. The van der Waals surface area contributed by atoms with Crippen LogP contribution in [0.1, 0.15) is 0 Å². The monoisotopic (exact) mass is 261 g/mol. The van der Waals surface area contributed by atoms with Gasteiger partial charge in [0, 0.05) is 10.9 Å². The highest BCUT2D eigenvalue weighted by Crippen LogP contribution is 2.36. The van der Waals surface area contributed by atoms with Crippen molar-refractivity contribution in [1.82, 2.24) is 9.97 Å². The van der Waals surface area contributed by atoms with E-state index in [0.29, 0.717) is 5.82 Å². The number of aromatic nitrogens is 2. The molecule has 0 saturated carbocycles. The molecule has 0 atom stereocenters. The molecule has 3 aromatic rings. The summed E-state index contributed by atoms with van der Waals surface area (Å²) in [5, 5.41) is 3.10. The lowest BCUT2D eigenvalue weighted by Gasteiger charge is -2.01. The summed E-state index contributed by atoms with van der Waals surface area (Å²) < 4.78 is 0. The maximum atomic E-state index is 5.91. The minimum Gasteiger partial charge on any atom is -0.383 e. The second kappa shape index (κ2) is 3.98. The van der Waals surface area contributed by atoms with Crippen LogP contribution in [0.15, 0.2) is 35.7 Å². The molecule has 17 heavy (non-hydrogen) atoms. The second-order valence-electron chi connectivity index (χ2n) is 3.57. The maximum absolute atomic E-state index is 5.91. The highest BCUT2D eigenvalue weighted by Gasteiger charge is 2.12. The third-order valence-electron chi connectivity index (χ3n) is 2.52. The van der Waals surface area contributed by atoms with Crippen molar-refractivity contribution >= 4 is 39.0 Å². The van der Waals surface area contributed by atoms with Gasteiger partial charge in [0.15, 0.2) is 0 Å². The number of fused-ring (bicyclic) bond motifs is 1. The Labute approximate surface area is 107 Å². The van der Waals surface area contributed by atoms with Crippen LogP contribution in [0, 0.1) is 0 Å². The molecule has 0 aliphatic heterocycles. The van der Waals surface area contributed by atoms with Gasteiger partial charge >= 0.3 is 0 Å². The van der Waals surface area contributed by atoms with Crippen molar-refractivity contribution in [2.75, 3.05) is 5.73 Å². The molecule has 0 radical (unpaired) electrons. The van der Waals surface area contributed by atoms with Crippen LogP contribution in [0.5, 0.6) is 0 Å². The molecule has 0 fully saturated rings. The Hall–Kier alpha value is -1.65. The zero-order chi connectivity index (χ0) is 11.8. The molecule has 0 aliphatic rings. The van der Waals surface area contributed by atoms with Crippen molar-refractivity contribution in [3.63, 3.8) is 0 Å². The summed E-state index contributed by atoms with van der Waals surface area (Å²) >= 11 is 7.31. The van der Waals surface area contributed by atoms with Crippen LogP contribution in [0.25, 0.3) is 21.3 Å². The zero-order valence-corrected chi connectivity index (χ0v) is 10.3. The van der Waals surface area contributed by atoms with E-state index in [0.717, 1.165) is 21.3 Å². The number of anilines is 1. The smallest absolute Gasteiger partial charge is 0.225 e. The average Bonchev–Trinajstić information content (AvgIpc) is 2.74. The summed E-state index contributed by atoms with van der Waals surface area (Å²) in [6.07, 6.45) is 0. The van der Waals surface area contributed by atoms with E-state index in [1.54, 1.807) is 0 Å². The largest absolute Gasteiger partial charge is 0.383 e. The van der Waals surface area contributed by atoms with Gasteiger partial charge in [-0.25, -0.2) is 9.97 Å². The van der Waals surface area contributed by atoms with E-state index in [-0.39, 0.29) is 5.28 Å². The number of nitrogens with zero attached hydrogens (tertiary/aromatic N) is 2. The van der Waals surface area contributed by atoms with Gasteiger partial charge in [0.25, 0.3) is 0 Å². The quantitative estimate of drug-likeness (QED) is 0.681. The number of thiophene rings is 1. The summed E-state index contributed by atoms with van der Waals surface area (Å²) in [5.74, 6) is 0.431. The molecule has 3 nitrogen and oxygen atoms in total. The summed E-state index contributed by atoms with van der Waals surface area (Å²) in [6, 6.07) is 10.0. The van der Waals surface area contributed by atoms with Crippen molar-refractivity contribution in [3.05, 3.63) is 41.0 Å². The van der Waals surface area contributed by atoms with Gasteiger partial charge in [-0.2, -0.15) is 0 Å². The normalized spacial score (nSPS) is 10.9. The van der Waals surface area contributed by atoms with E-state index in [1.807, 2.05) is 35.7 Å². The molecular formula is C12H8ClN3S. The number of benzene rings is 1. The van der Waals surface area contributed by atoms with Gasteiger partial charge < -0.3 is 5.73 Å². The highest BCUT2D eigenvalue weighted by molar-refractivity contribution is 7.17. The van der Waals surface area contributed by atoms with Crippen LogP contribution >= 0.6 is 22.9 Å². The maximum Gasteiger partial charge on any atom is 0.225 e. The molecule has 2 heterocycles. The Kier molecular flexibility index (Phi) is 2.46. The zero-order valence-electron chi connectivity index (χ0n) is 8.72. The van der Waals surface area contributed by atoms with Crippen molar-refractivity contribution in [3.8, 4) is 11.1 Å². The number of hydrogen-bond donors (Lipinski definition) is 1. The molecule has 84 valence electrons. The molecule has 5 heteroatoms. The lowest BCUT2D eigenvalue weighted by molar-refractivity contribution is 1.24. The molecular weight excluding hydrogens is 254 g/mol. The van der Waals surface area contributed by atoms with Crippen molar-refractivity contribution < 1.29 is 0 Å². The minimum absolute atomic E-state index is 0.191. The topological polar surface area (TPSA) is 51.8 Å². The van der Waals surface area contributed by atoms with Crippen LogP contribution < -0.4 is 5.73 Å². The highest BCUT2D eigenvalue weighted by atomic mass is 35.5. The lowest BCUT2D eigenvalue weighted by atomic mass is 10.1. The van der Waals surface area contributed by atoms with Crippen LogP contribution in [0.4, 0.5) is 5.82 Å². The average molecular weight is 262 g/mol. The first-order valence-corrected chi connectivity index (χ1v) is 6.27. The van der Waals surface area contributed by atoms with E-state index in [9.17, 15) is 0 Å². The van der Waals surface area contributed by atoms with Gasteiger partial charge in [-0.15, -0.1) is 11.3 Å². The Bertz CT molecular complexity index is 679. The predicted molar refractivity (Wildman–Crippen MR) is 72.3 cm³/mol. The summed E-state index contributed by atoms with van der Waals surface area (Å²) in [7, 11) is 0. The van der Waals surface area contributed by atoms with Crippen LogP contribution in [0.2, 0.25) is 5.28 Å². The third-order valence-corrected chi connectivity index (χ3v) is 3.56. The molecule has 3 rings (SSSR count). The molecule has 0 spiro atoms. The number of nitrogen functional groups attached to an aromatic ring is 1. The van der Waals surface area contributed by atoms with Crippen molar-refractivity contribution in [1.29, 1.82) is 0 Å². The lowest BCUT2D eigenvalue weighted by Crippen LogP contribution is -1.93. The van der Waals surface area contributed by atoms with Crippen LogP contribution in [-0.4, -0.2) is 9.97 Å². The fourth-order valence-corrected chi connectivity index (χ4v) is 2.95. The Morgan fingerprint density at radius 1 is 1.12 bits per heavy atom. The number of hydrogen-bond acceptors (Lipinski definition) is 4. The van der Waals surface area contributed by atoms with Crippen molar-refractivity contribution in [2.45, 2.75) is 0 Å². The number of halogens is 1. The first-order chi connectivity index (χ1) is 8.25. The van der Waals surface area contributed by atoms with Crippen LogP contribution in [0.3, 0.4) is 0 Å². The van der Waals surface area contributed by atoms with E-state index < -0.39 is 0 Å². The van der Waals surface area contributed by atoms with Gasteiger partial charge in [0.05, 0.1) is 5.39 Å². The summed E-state index contributed by atoms with van der Waals surface area (Å²) in [6.45, 7) is 0. The first-order valence-electron chi connectivity index (χ1n) is 5.01. The fourth-order valence-electron chi connectivity index (χ4n) is 1.77.